The van der Waals surface area contributed by atoms with Gasteiger partial charge in [0.25, 0.3) is 0 Å². The Kier molecular flexibility index (Phi) is 3.23. The molecule has 0 aromatic carbocycles. The van der Waals surface area contributed by atoms with Crippen molar-refractivity contribution in [2.24, 2.45) is 18.9 Å². The third-order valence-corrected chi connectivity index (χ3v) is 6.95. The SMILES string of the molecule is C[C@@H]1[C@H]2CCc3c(ncn3-c3cnn(C)c3)[C@]2(C)CCC12OCCO2. The highest BCUT2D eigenvalue weighted by Crippen LogP contribution is 2.56. The molecule has 3 atom stereocenters. The number of hydrogen-bond donors (Lipinski definition) is 0. The minimum Gasteiger partial charge on any atom is -0.347 e. The third-order valence-electron chi connectivity index (χ3n) is 6.95. The summed E-state index contributed by atoms with van der Waals surface area (Å²) >= 11 is 0. The molecule has 0 radical (unpaired) electrons. The minimum atomic E-state index is -0.354. The van der Waals surface area contributed by atoms with E-state index in [1.807, 2.05) is 24.3 Å². The van der Waals surface area contributed by atoms with Gasteiger partial charge in [0.05, 0.1) is 37.1 Å². The van der Waals surface area contributed by atoms with Crippen LogP contribution in [-0.4, -0.2) is 38.3 Å². The molecule has 3 heterocycles. The molecule has 1 saturated heterocycles. The second-order valence-corrected chi connectivity index (χ2v) is 8.14. The van der Waals surface area contributed by atoms with E-state index in [2.05, 4.69) is 29.7 Å². The molecule has 0 amide bonds. The highest BCUT2D eigenvalue weighted by atomic mass is 16.7. The molecule has 1 spiro atoms. The maximum atomic E-state index is 6.09. The van der Waals surface area contributed by atoms with Gasteiger partial charge in [0.1, 0.15) is 0 Å². The lowest BCUT2D eigenvalue weighted by molar-refractivity contribution is -0.234. The molecule has 0 bridgehead atoms. The molecule has 2 aromatic heterocycles. The summed E-state index contributed by atoms with van der Waals surface area (Å²) in [5.74, 6) is 0.586. The summed E-state index contributed by atoms with van der Waals surface area (Å²) in [6.07, 6.45) is 10.2. The van der Waals surface area contributed by atoms with Crippen LogP contribution >= 0.6 is 0 Å². The number of ether oxygens (including phenoxy) is 2. The zero-order valence-electron chi connectivity index (χ0n) is 15.2. The second-order valence-electron chi connectivity index (χ2n) is 8.14. The highest BCUT2D eigenvalue weighted by Gasteiger charge is 2.57. The van der Waals surface area contributed by atoms with Crippen LogP contribution in [0.4, 0.5) is 0 Å². The molecule has 3 aliphatic rings. The van der Waals surface area contributed by atoms with Crippen LogP contribution in [-0.2, 0) is 28.4 Å². The van der Waals surface area contributed by atoms with Crippen molar-refractivity contribution in [1.29, 1.82) is 0 Å². The van der Waals surface area contributed by atoms with E-state index in [9.17, 15) is 0 Å². The lowest BCUT2D eigenvalue weighted by Crippen LogP contribution is -2.55. The summed E-state index contributed by atoms with van der Waals surface area (Å²) in [6, 6.07) is 0. The summed E-state index contributed by atoms with van der Waals surface area (Å²) in [5.41, 5.74) is 3.82. The second kappa shape index (κ2) is 5.17. The Hall–Kier alpha value is -1.66. The first-order valence-corrected chi connectivity index (χ1v) is 9.37. The predicted molar refractivity (Wildman–Crippen MR) is 92.5 cm³/mol. The maximum Gasteiger partial charge on any atom is 0.171 e. The quantitative estimate of drug-likeness (QED) is 0.799. The van der Waals surface area contributed by atoms with E-state index in [1.165, 1.54) is 11.4 Å². The van der Waals surface area contributed by atoms with E-state index < -0.39 is 0 Å². The first-order chi connectivity index (χ1) is 12.0. The number of hydrogen-bond acceptors (Lipinski definition) is 4. The number of aromatic nitrogens is 4. The van der Waals surface area contributed by atoms with Crippen molar-refractivity contribution >= 4 is 0 Å². The van der Waals surface area contributed by atoms with Crippen molar-refractivity contribution in [3.63, 3.8) is 0 Å². The standard InChI is InChI=1S/C19H26N4O2/c1-13-15-4-5-16-17(20-12-23(16)14-10-21-22(3)11-14)18(15,2)6-7-19(13)24-8-9-25-19/h10-13,15H,4-9H2,1-3H3/t13-,15-,18-/m1/s1. The smallest absolute Gasteiger partial charge is 0.171 e. The highest BCUT2D eigenvalue weighted by molar-refractivity contribution is 5.37. The van der Waals surface area contributed by atoms with Gasteiger partial charge in [-0.15, -0.1) is 0 Å². The van der Waals surface area contributed by atoms with Crippen molar-refractivity contribution in [2.45, 2.75) is 50.7 Å². The van der Waals surface area contributed by atoms with Crippen LogP contribution in [0, 0.1) is 11.8 Å². The average Bonchev–Trinajstić information content (AvgIpc) is 3.31. The van der Waals surface area contributed by atoms with E-state index in [0.717, 1.165) is 44.6 Å². The van der Waals surface area contributed by atoms with Crippen molar-refractivity contribution < 1.29 is 9.47 Å². The first-order valence-electron chi connectivity index (χ1n) is 9.37. The van der Waals surface area contributed by atoms with Crippen LogP contribution in [0.5, 0.6) is 0 Å². The van der Waals surface area contributed by atoms with Crippen LogP contribution in [0.2, 0.25) is 0 Å². The molecule has 1 saturated carbocycles. The molecule has 2 aromatic rings. The number of rotatable bonds is 1. The Labute approximate surface area is 148 Å². The van der Waals surface area contributed by atoms with Gasteiger partial charge in [-0.2, -0.15) is 5.10 Å². The Balaban J connectivity index is 1.54. The molecule has 25 heavy (non-hydrogen) atoms. The van der Waals surface area contributed by atoms with E-state index >= 15 is 0 Å². The molecule has 6 nitrogen and oxygen atoms in total. The van der Waals surface area contributed by atoms with Crippen molar-refractivity contribution in [1.82, 2.24) is 19.3 Å². The van der Waals surface area contributed by atoms with Crippen molar-refractivity contribution in [2.75, 3.05) is 13.2 Å². The van der Waals surface area contributed by atoms with Gasteiger partial charge >= 0.3 is 0 Å². The predicted octanol–water partition coefficient (Wildman–Crippen LogP) is 2.60. The average molecular weight is 342 g/mol. The Morgan fingerprint density at radius 3 is 2.76 bits per heavy atom. The monoisotopic (exact) mass is 342 g/mol. The van der Waals surface area contributed by atoms with Gasteiger partial charge in [0.15, 0.2) is 5.79 Å². The molecular weight excluding hydrogens is 316 g/mol. The normalized spacial score (nSPS) is 33.4. The summed E-state index contributed by atoms with van der Waals surface area (Å²) in [5, 5.41) is 4.32. The Morgan fingerprint density at radius 2 is 2.04 bits per heavy atom. The largest absolute Gasteiger partial charge is 0.347 e. The van der Waals surface area contributed by atoms with Gasteiger partial charge in [0, 0.05) is 36.7 Å². The van der Waals surface area contributed by atoms with Crippen LogP contribution in [0.25, 0.3) is 5.69 Å². The summed E-state index contributed by atoms with van der Waals surface area (Å²) in [4.78, 5) is 4.89. The summed E-state index contributed by atoms with van der Waals surface area (Å²) in [7, 11) is 1.95. The van der Waals surface area contributed by atoms with E-state index in [4.69, 9.17) is 14.5 Å². The first kappa shape index (κ1) is 15.6. The minimum absolute atomic E-state index is 0.0982. The van der Waals surface area contributed by atoms with Gasteiger partial charge in [-0.1, -0.05) is 13.8 Å². The van der Waals surface area contributed by atoms with E-state index in [-0.39, 0.29) is 11.2 Å². The van der Waals surface area contributed by atoms with Gasteiger partial charge in [-0.25, -0.2) is 4.98 Å². The molecule has 2 aliphatic carbocycles. The number of imidazole rings is 1. The Morgan fingerprint density at radius 1 is 1.24 bits per heavy atom. The van der Waals surface area contributed by atoms with E-state index in [0.29, 0.717) is 11.8 Å². The molecular formula is C19H26N4O2. The zero-order valence-corrected chi connectivity index (χ0v) is 15.2. The van der Waals surface area contributed by atoms with Crippen molar-refractivity contribution in [3.05, 3.63) is 30.1 Å². The van der Waals surface area contributed by atoms with Gasteiger partial charge < -0.3 is 9.47 Å². The number of nitrogens with zero attached hydrogens (tertiary/aromatic N) is 4. The molecule has 6 heteroatoms. The van der Waals surface area contributed by atoms with Gasteiger partial charge in [-0.3, -0.25) is 9.25 Å². The van der Waals surface area contributed by atoms with Gasteiger partial charge in [-0.05, 0) is 25.2 Å². The lowest BCUT2D eigenvalue weighted by atomic mass is 9.55. The fourth-order valence-corrected chi connectivity index (χ4v) is 5.58. The van der Waals surface area contributed by atoms with Crippen LogP contribution < -0.4 is 0 Å². The molecule has 1 aliphatic heterocycles. The van der Waals surface area contributed by atoms with Gasteiger partial charge in [0.2, 0.25) is 0 Å². The van der Waals surface area contributed by atoms with Crippen LogP contribution in [0.3, 0.4) is 0 Å². The zero-order chi connectivity index (χ0) is 17.2. The van der Waals surface area contributed by atoms with Crippen LogP contribution in [0.1, 0.15) is 44.5 Å². The third kappa shape index (κ3) is 2.04. The lowest BCUT2D eigenvalue weighted by Gasteiger charge is -2.53. The van der Waals surface area contributed by atoms with E-state index in [1.54, 1.807) is 0 Å². The Bertz CT molecular complexity index is 804. The number of aryl methyl sites for hydroxylation is 1. The fraction of sp³-hybridized carbons (Fsp3) is 0.684. The topological polar surface area (TPSA) is 54.1 Å². The van der Waals surface area contributed by atoms with Crippen LogP contribution in [0.15, 0.2) is 18.7 Å². The molecule has 2 fully saturated rings. The summed E-state index contributed by atoms with van der Waals surface area (Å²) in [6.45, 7) is 6.17. The molecule has 0 unspecified atom stereocenters. The van der Waals surface area contributed by atoms with Crippen molar-refractivity contribution in [3.8, 4) is 5.69 Å². The maximum absolute atomic E-state index is 6.09. The fourth-order valence-electron chi connectivity index (χ4n) is 5.58. The molecule has 0 N–H and O–H groups in total. The molecule has 134 valence electrons. The summed E-state index contributed by atoms with van der Waals surface area (Å²) < 4.78 is 16.3. The number of fused-ring (bicyclic) bond motifs is 3. The molecule has 5 rings (SSSR count).